The van der Waals surface area contributed by atoms with Crippen LogP contribution in [-0.2, 0) is 19.6 Å². The Bertz CT molecular complexity index is 715. The van der Waals surface area contributed by atoms with E-state index in [2.05, 4.69) is 16.8 Å². The van der Waals surface area contributed by atoms with E-state index in [-0.39, 0.29) is 12.5 Å². The number of halogens is 2. The quantitative estimate of drug-likeness (QED) is 0.850. The van der Waals surface area contributed by atoms with Crippen LogP contribution in [0.25, 0.3) is 0 Å². The van der Waals surface area contributed by atoms with E-state index in [1.165, 1.54) is 0 Å². The summed E-state index contributed by atoms with van der Waals surface area (Å²) in [6, 6.07) is 3.54. The third kappa shape index (κ3) is 2.60. The summed E-state index contributed by atoms with van der Waals surface area (Å²) >= 11 is 12.6. The van der Waals surface area contributed by atoms with Gasteiger partial charge in [-0.15, -0.1) is 10.2 Å². The molecule has 3 rings (SSSR count). The zero-order valence-electron chi connectivity index (χ0n) is 11.8. The van der Waals surface area contributed by atoms with Gasteiger partial charge in [0.1, 0.15) is 24.8 Å². The van der Waals surface area contributed by atoms with Gasteiger partial charge in [0.15, 0.2) is 5.82 Å². The molecule has 0 aliphatic carbocycles. The first-order chi connectivity index (χ1) is 10.7. The van der Waals surface area contributed by atoms with Crippen LogP contribution in [0, 0.1) is 0 Å². The Hall–Kier alpha value is -1.56. The molecule has 0 fully saturated rings. The molecule has 2 heterocycles. The fourth-order valence-corrected chi connectivity index (χ4v) is 3.23. The van der Waals surface area contributed by atoms with Gasteiger partial charge in [-0.1, -0.05) is 35.9 Å². The van der Waals surface area contributed by atoms with E-state index in [1.54, 1.807) is 12.1 Å². The van der Waals surface area contributed by atoms with Crippen molar-refractivity contribution in [1.29, 1.82) is 0 Å². The summed E-state index contributed by atoms with van der Waals surface area (Å²) in [6.07, 6.45) is 2.36. The van der Waals surface area contributed by atoms with Gasteiger partial charge in [-0.2, -0.15) is 0 Å². The number of aromatic nitrogens is 3. The highest BCUT2D eigenvalue weighted by molar-refractivity contribution is 6.42. The molecule has 116 valence electrons. The van der Waals surface area contributed by atoms with Crippen LogP contribution in [-0.4, -0.2) is 26.5 Å². The second-order valence-electron chi connectivity index (χ2n) is 5.08. The second kappa shape index (κ2) is 6.28. The Labute approximate surface area is 138 Å². The van der Waals surface area contributed by atoms with Crippen molar-refractivity contribution < 1.29 is 9.84 Å². The topological polar surface area (TPSA) is 60.2 Å². The molecule has 7 heteroatoms. The van der Waals surface area contributed by atoms with Gasteiger partial charge < -0.3 is 14.4 Å². The predicted octanol–water partition coefficient (Wildman–Crippen LogP) is 2.98. The van der Waals surface area contributed by atoms with E-state index >= 15 is 0 Å². The lowest BCUT2D eigenvalue weighted by Gasteiger charge is -2.18. The summed E-state index contributed by atoms with van der Waals surface area (Å²) in [5, 5.41) is 18.4. The number of aliphatic hydroxyl groups is 1. The average Bonchev–Trinajstić information content (AvgIpc) is 3.08. The van der Waals surface area contributed by atoms with E-state index in [9.17, 15) is 5.11 Å². The average molecular weight is 340 g/mol. The van der Waals surface area contributed by atoms with Crippen molar-refractivity contribution in [2.24, 2.45) is 0 Å². The number of benzene rings is 1. The maximum atomic E-state index is 9.31. The lowest BCUT2D eigenvalue weighted by Crippen LogP contribution is -2.08. The molecule has 1 unspecified atom stereocenters. The standard InChI is InChI=1S/C15H15Cl2N3O2/c1-2-5-22-11-4-3-10(16)15(17)14(11)9-6-12-18-19-13(8-21)20(12)7-9/h2-4,9,21H,1,5-8H2. The Kier molecular flexibility index (Phi) is 4.38. The first kappa shape index (κ1) is 15.3. The molecule has 1 N–H and O–H groups in total. The summed E-state index contributed by atoms with van der Waals surface area (Å²) < 4.78 is 7.63. The van der Waals surface area contributed by atoms with Crippen LogP contribution < -0.4 is 4.74 Å². The van der Waals surface area contributed by atoms with E-state index in [4.69, 9.17) is 27.9 Å². The van der Waals surface area contributed by atoms with Crippen LogP contribution in [0.15, 0.2) is 24.8 Å². The van der Waals surface area contributed by atoms with Gasteiger partial charge in [0.05, 0.1) is 10.0 Å². The summed E-state index contributed by atoms with van der Waals surface area (Å²) in [6.45, 7) is 4.56. The molecule has 1 atom stereocenters. The lowest BCUT2D eigenvalue weighted by atomic mass is 9.96. The van der Waals surface area contributed by atoms with Gasteiger partial charge in [-0.3, -0.25) is 0 Å². The van der Waals surface area contributed by atoms with Gasteiger partial charge in [0.2, 0.25) is 0 Å². The minimum absolute atomic E-state index is 0.0850. The van der Waals surface area contributed by atoms with Crippen LogP contribution in [0.5, 0.6) is 5.75 Å². The van der Waals surface area contributed by atoms with Crippen LogP contribution in [0.4, 0.5) is 0 Å². The number of hydrogen-bond donors (Lipinski definition) is 1. The monoisotopic (exact) mass is 339 g/mol. The highest BCUT2D eigenvalue weighted by Gasteiger charge is 2.31. The normalized spacial score (nSPS) is 16.6. The molecule has 1 aromatic carbocycles. The van der Waals surface area contributed by atoms with Crippen LogP contribution >= 0.6 is 23.2 Å². The van der Waals surface area contributed by atoms with E-state index in [0.29, 0.717) is 41.2 Å². The molecule has 2 aromatic rings. The third-order valence-electron chi connectivity index (χ3n) is 3.73. The fraction of sp³-hybridized carbons (Fsp3) is 0.333. The molecule has 0 saturated carbocycles. The molecule has 1 aliphatic heterocycles. The maximum absolute atomic E-state index is 9.31. The highest BCUT2D eigenvalue weighted by atomic mass is 35.5. The minimum atomic E-state index is -0.136. The van der Waals surface area contributed by atoms with Crippen molar-refractivity contribution in [2.75, 3.05) is 6.61 Å². The summed E-state index contributed by atoms with van der Waals surface area (Å²) in [5.41, 5.74) is 0.866. The number of fused-ring (bicyclic) bond motifs is 1. The molecule has 1 aromatic heterocycles. The summed E-state index contributed by atoms with van der Waals surface area (Å²) in [4.78, 5) is 0. The molecule has 0 radical (unpaired) electrons. The largest absolute Gasteiger partial charge is 0.489 e. The lowest BCUT2D eigenvalue weighted by molar-refractivity contribution is 0.264. The Morgan fingerprint density at radius 1 is 1.41 bits per heavy atom. The molecule has 0 bridgehead atoms. The molecular formula is C15H15Cl2N3O2. The Morgan fingerprint density at radius 2 is 2.23 bits per heavy atom. The van der Waals surface area contributed by atoms with Crippen molar-refractivity contribution in [2.45, 2.75) is 25.5 Å². The van der Waals surface area contributed by atoms with E-state index < -0.39 is 0 Å². The van der Waals surface area contributed by atoms with E-state index in [1.807, 2.05) is 10.6 Å². The SMILES string of the molecule is C=CCOc1ccc(Cl)c(Cl)c1C1Cc2nnc(CO)n2C1. The van der Waals surface area contributed by atoms with Crippen molar-refractivity contribution >= 4 is 23.2 Å². The minimum Gasteiger partial charge on any atom is -0.489 e. The Balaban J connectivity index is 1.96. The molecule has 1 aliphatic rings. The van der Waals surface area contributed by atoms with E-state index in [0.717, 1.165) is 11.4 Å². The fourth-order valence-electron chi connectivity index (χ4n) is 2.75. The number of hydrogen-bond acceptors (Lipinski definition) is 4. The molecule has 0 amide bonds. The molecule has 0 spiro atoms. The van der Waals surface area contributed by atoms with Gasteiger partial charge in [-0.25, -0.2) is 0 Å². The molecule has 5 nitrogen and oxygen atoms in total. The van der Waals surface area contributed by atoms with Crippen molar-refractivity contribution in [3.63, 3.8) is 0 Å². The first-order valence-electron chi connectivity index (χ1n) is 6.89. The Morgan fingerprint density at radius 3 is 2.95 bits per heavy atom. The maximum Gasteiger partial charge on any atom is 0.158 e. The highest BCUT2D eigenvalue weighted by Crippen LogP contribution is 2.42. The van der Waals surface area contributed by atoms with Gasteiger partial charge in [0, 0.05) is 24.4 Å². The number of aliphatic hydroxyl groups excluding tert-OH is 1. The number of rotatable bonds is 5. The summed E-state index contributed by atoms with van der Waals surface area (Å²) in [5.74, 6) is 2.18. The molecule has 0 saturated heterocycles. The number of nitrogens with zero attached hydrogens (tertiary/aromatic N) is 3. The zero-order valence-corrected chi connectivity index (χ0v) is 13.3. The van der Waals surface area contributed by atoms with Gasteiger partial charge in [-0.05, 0) is 12.1 Å². The van der Waals surface area contributed by atoms with Gasteiger partial charge >= 0.3 is 0 Å². The third-order valence-corrected chi connectivity index (χ3v) is 4.55. The second-order valence-corrected chi connectivity index (χ2v) is 5.86. The first-order valence-corrected chi connectivity index (χ1v) is 7.64. The van der Waals surface area contributed by atoms with Crippen molar-refractivity contribution in [3.8, 4) is 5.75 Å². The molecule has 22 heavy (non-hydrogen) atoms. The predicted molar refractivity (Wildman–Crippen MR) is 84.5 cm³/mol. The van der Waals surface area contributed by atoms with Crippen LogP contribution in [0.2, 0.25) is 10.0 Å². The molecular weight excluding hydrogens is 325 g/mol. The van der Waals surface area contributed by atoms with Crippen molar-refractivity contribution in [1.82, 2.24) is 14.8 Å². The zero-order chi connectivity index (χ0) is 15.7. The summed E-state index contributed by atoms with van der Waals surface area (Å²) in [7, 11) is 0. The van der Waals surface area contributed by atoms with Crippen LogP contribution in [0.3, 0.4) is 0 Å². The van der Waals surface area contributed by atoms with Crippen LogP contribution in [0.1, 0.15) is 23.1 Å². The van der Waals surface area contributed by atoms with Crippen molar-refractivity contribution in [3.05, 3.63) is 52.0 Å². The van der Waals surface area contributed by atoms with Gasteiger partial charge in [0.25, 0.3) is 0 Å². The smallest absolute Gasteiger partial charge is 0.158 e. The number of ether oxygens (including phenoxy) is 1.